The number of methoxy groups -OCH3 is 2. The van der Waals surface area contributed by atoms with Gasteiger partial charge in [0.2, 0.25) is 0 Å². The molecule has 0 bridgehead atoms. The number of ether oxygens (including phenoxy) is 2. The lowest BCUT2D eigenvalue weighted by Gasteiger charge is -2.12. The first-order valence-electron chi connectivity index (χ1n) is 4.83. The van der Waals surface area contributed by atoms with Crippen molar-refractivity contribution in [1.82, 2.24) is 0 Å². The third-order valence-corrected chi connectivity index (χ3v) is 2.46. The van der Waals surface area contributed by atoms with Crippen molar-refractivity contribution in [3.63, 3.8) is 0 Å². The van der Waals surface area contributed by atoms with Gasteiger partial charge in [-0.1, -0.05) is 11.6 Å². The van der Waals surface area contributed by atoms with E-state index in [1.165, 1.54) is 0 Å². The van der Waals surface area contributed by atoms with Crippen LogP contribution in [0.2, 0.25) is 5.02 Å². The van der Waals surface area contributed by atoms with Gasteiger partial charge in [-0.15, -0.1) is 0 Å². The molecule has 0 spiro atoms. The van der Waals surface area contributed by atoms with E-state index in [4.69, 9.17) is 26.8 Å². The quantitative estimate of drug-likeness (QED) is 0.842. The van der Waals surface area contributed by atoms with Crippen LogP contribution in [0.15, 0.2) is 12.1 Å². The van der Waals surface area contributed by atoms with Crippen molar-refractivity contribution in [2.45, 2.75) is 12.8 Å². The van der Waals surface area contributed by atoms with Crippen LogP contribution in [0.1, 0.15) is 12.0 Å². The van der Waals surface area contributed by atoms with Gasteiger partial charge in [0, 0.05) is 6.07 Å². The van der Waals surface area contributed by atoms with E-state index in [1.54, 1.807) is 20.3 Å². The maximum Gasteiger partial charge on any atom is 0.140 e. The van der Waals surface area contributed by atoms with Gasteiger partial charge < -0.3 is 15.2 Å². The molecule has 0 amide bonds. The number of benzene rings is 1. The van der Waals surface area contributed by atoms with Gasteiger partial charge in [-0.05, 0) is 31.0 Å². The largest absolute Gasteiger partial charge is 0.497 e. The fourth-order valence-electron chi connectivity index (χ4n) is 1.45. The first-order valence-corrected chi connectivity index (χ1v) is 5.21. The van der Waals surface area contributed by atoms with Crippen LogP contribution in [0.25, 0.3) is 0 Å². The van der Waals surface area contributed by atoms with E-state index < -0.39 is 0 Å². The molecule has 15 heavy (non-hydrogen) atoms. The molecular formula is C11H16ClNO2. The Bertz CT molecular complexity index is 329. The lowest BCUT2D eigenvalue weighted by Crippen LogP contribution is -2.02. The molecule has 3 nitrogen and oxygen atoms in total. The summed E-state index contributed by atoms with van der Waals surface area (Å²) in [7, 11) is 3.23. The molecule has 84 valence electrons. The van der Waals surface area contributed by atoms with Crippen molar-refractivity contribution in [3.8, 4) is 11.5 Å². The third-order valence-electron chi connectivity index (χ3n) is 2.18. The van der Waals surface area contributed by atoms with Crippen LogP contribution >= 0.6 is 11.6 Å². The van der Waals surface area contributed by atoms with E-state index in [2.05, 4.69) is 0 Å². The molecule has 1 aromatic carbocycles. The molecule has 0 atom stereocenters. The number of rotatable bonds is 5. The molecular weight excluding hydrogens is 214 g/mol. The minimum Gasteiger partial charge on any atom is -0.497 e. The topological polar surface area (TPSA) is 44.5 Å². The summed E-state index contributed by atoms with van der Waals surface area (Å²) >= 11 is 6.06. The van der Waals surface area contributed by atoms with Gasteiger partial charge in [-0.25, -0.2) is 0 Å². The van der Waals surface area contributed by atoms with Crippen LogP contribution in [0.5, 0.6) is 11.5 Å². The molecule has 0 radical (unpaired) electrons. The van der Waals surface area contributed by atoms with Crippen LogP contribution in [0, 0.1) is 0 Å². The van der Waals surface area contributed by atoms with Crippen LogP contribution < -0.4 is 15.2 Å². The molecule has 1 aromatic rings. The minimum absolute atomic E-state index is 0.573. The molecule has 0 saturated carbocycles. The second-order valence-corrected chi connectivity index (χ2v) is 3.60. The summed E-state index contributed by atoms with van der Waals surface area (Å²) in [5.41, 5.74) is 6.51. The van der Waals surface area contributed by atoms with E-state index in [1.807, 2.05) is 6.07 Å². The van der Waals surface area contributed by atoms with E-state index in [0.29, 0.717) is 17.3 Å². The highest BCUT2D eigenvalue weighted by Crippen LogP contribution is 2.33. The second kappa shape index (κ2) is 5.83. The molecule has 0 saturated heterocycles. The summed E-state index contributed by atoms with van der Waals surface area (Å²) in [6.45, 7) is 0.651. The molecule has 1 rings (SSSR count). The molecule has 0 fully saturated rings. The predicted molar refractivity (Wildman–Crippen MR) is 61.9 cm³/mol. The average molecular weight is 230 g/mol. The molecule has 0 heterocycles. The predicted octanol–water partition coefficient (Wildman–Crippen LogP) is 2.25. The Hall–Kier alpha value is -0.930. The SMILES string of the molecule is COc1cc(Cl)c(OC)c(CCCN)c1. The highest BCUT2D eigenvalue weighted by Gasteiger charge is 2.10. The zero-order valence-electron chi connectivity index (χ0n) is 9.05. The summed E-state index contributed by atoms with van der Waals surface area (Å²) in [6.07, 6.45) is 1.75. The van der Waals surface area contributed by atoms with Crippen LogP contribution in [-0.4, -0.2) is 20.8 Å². The maximum atomic E-state index is 6.06. The van der Waals surface area contributed by atoms with Gasteiger partial charge in [0.15, 0.2) is 0 Å². The van der Waals surface area contributed by atoms with Gasteiger partial charge in [-0.2, -0.15) is 0 Å². The molecule has 0 aliphatic heterocycles. The highest BCUT2D eigenvalue weighted by atomic mass is 35.5. The molecule has 0 aliphatic rings. The Morgan fingerprint density at radius 1 is 1.27 bits per heavy atom. The number of nitrogens with two attached hydrogens (primary N) is 1. The molecule has 0 aromatic heterocycles. The van der Waals surface area contributed by atoms with E-state index in [-0.39, 0.29) is 0 Å². The van der Waals surface area contributed by atoms with Crippen molar-refractivity contribution < 1.29 is 9.47 Å². The Balaban J connectivity index is 3.02. The Kier molecular flexibility index (Phi) is 4.72. The Morgan fingerprint density at radius 3 is 2.53 bits per heavy atom. The van der Waals surface area contributed by atoms with Gasteiger partial charge in [-0.3, -0.25) is 0 Å². The summed E-state index contributed by atoms with van der Waals surface area (Å²) in [6, 6.07) is 3.67. The smallest absolute Gasteiger partial charge is 0.140 e. The van der Waals surface area contributed by atoms with Gasteiger partial charge in [0.05, 0.1) is 19.2 Å². The monoisotopic (exact) mass is 229 g/mol. The molecule has 0 aliphatic carbocycles. The Labute approximate surface area is 95.1 Å². The lowest BCUT2D eigenvalue weighted by atomic mass is 10.1. The van der Waals surface area contributed by atoms with Crippen molar-refractivity contribution in [1.29, 1.82) is 0 Å². The van der Waals surface area contributed by atoms with Crippen molar-refractivity contribution in [3.05, 3.63) is 22.7 Å². The maximum absolute atomic E-state index is 6.06. The van der Waals surface area contributed by atoms with Crippen LogP contribution in [-0.2, 0) is 6.42 Å². The van der Waals surface area contributed by atoms with Gasteiger partial charge in [0.1, 0.15) is 11.5 Å². The first-order chi connectivity index (χ1) is 7.22. The summed E-state index contributed by atoms with van der Waals surface area (Å²) < 4.78 is 10.4. The fourth-order valence-corrected chi connectivity index (χ4v) is 1.75. The second-order valence-electron chi connectivity index (χ2n) is 3.19. The van der Waals surface area contributed by atoms with Crippen molar-refractivity contribution in [2.75, 3.05) is 20.8 Å². The standard InChI is InChI=1S/C11H16ClNO2/c1-14-9-6-8(4-3-5-13)11(15-2)10(12)7-9/h6-7H,3-5,13H2,1-2H3. The number of halogens is 1. The summed E-state index contributed by atoms with van der Waals surface area (Å²) in [4.78, 5) is 0. The molecule has 4 heteroatoms. The minimum atomic E-state index is 0.573. The van der Waals surface area contributed by atoms with E-state index in [9.17, 15) is 0 Å². The summed E-state index contributed by atoms with van der Waals surface area (Å²) in [5.74, 6) is 1.46. The van der Waals surface area contributed by atoms with Crippen molar-refractivity contribution in [2.24, 2.45) is 5.73 Å². The normalized spacial score (nSPS) is 10.1. The highest BCUT2D eigenvalue weighted by molar-refractivity contribution is 6.32. The van der Waals surface area contributed by atoms with Gasteiger partial charge >= 0.3 is 0 Å². The van der Waals surface area contributed by atoms with Crippen LogP contribution in [0.3, 0.4) is 0 Å². The van der Waals surface area contributed by atoms with Crippen LogP contribution in [0.4, 0.5) is 0 Å². The molecule has 0 unspecified atom stereocenters. The lowest BCUT2D eigenvalue weighted by molar-refractivity contribution is 0.398. The molecule has 2 N–H and O–H groups in total. The fraction of sp³-hybridized carbons (Fsp3) is 0.455. The zero-order chi connectivity index (χ0) is 11.3. The Morgan fingerprint density at radius 2 is 2.00 bits per heavy atom. The average Bonchev–Trinajstić information content (AvgIpc) is 2.25. The number of hydrogen-bond acceptors (Lipinski definition) is 3. The third kappa shape index (κ3) is 3.01. The first kappa shape index (κ1) is 12.1. The van der Waals surface area contributed by atoms with Crippen molar-refractivity contribution >= 4 is 11.6 Å². The number of hydrogen-bond donors (Lipinski definition) is 1. The van der Waals surface area contributed by atoms with E-state index in [0.717, 1.165) is 24.2 Å². The van der Waals surface area contributed by atoms with E-state index >= 15 is 0 Å². The zero-order valence-corrected chi connectivity index (χ0v) is 9.80. The summed E-state index contributed by atoms with van der Waals surface area (Å²) in [5, 5.41) is 0.573. The number of aryl methyl sites for hydroxylation is 1. The van der Waals surface area contributed by atoms with Gasteiger partial charge in [0.25, 0.3) is 0 Å².